The van der Waals surface area contributed by atoms with Gasteiger partial charge in [0.05, 0.1) is 0 Å². The second kappa shape index (κ2) is 7.30. The Morgan fingerprint density at radius 3 is 2.42 bits per heavy atom. The first kappa shape index (κ1) is 17.7. The van der Waals surface area contributed by atoms with Crippen LogP contribution in [0.5, 0.6) is 5.75 Å². The molecule has 1 N–H and O–H groups in total. The van der Waals surface area contributed by atoms with E-state index in [9.17, 15) is 9.59 Å². The van der Waals surface area contributed by atoms with E-state index in [1.807, 2.05) is 45.9 Å². The van der Waals surface area contributed by atoms with Gasteiger partial charge in [0.25, 0.3) is 5.91 Å². The molecule has 0 atom stereocenters. The zero-order valence-electron chi connectivity index (χ0n) is 14.6. The summed E-state index contributed by atoms with van der Waals surface area (Å²) < 4.78 is 5.55. The SMILES string of the molecule is Cc1ccccc1C(=O)Nc1cccc(OCC(=O)C(C)(C)C)c1. The van der Waals surface area contributed by atoms with Crippen LogP contribution in [0.3, 0.4) is 0 Å². The minimum atomic E-state index is -0.434. The molecule has 0 aromatic heterocycles. The highest BCUT2D eigenvalue weighted by Gasteiger charge is 2.21. The number of hydrogen-bond acceptors (Lipinski definition) is 3. The summed E-state index contributed by atoms with van der Waals surface area (Å²) in [6.45, 7) is 7.48. The summed E-state index contributed by atoms with van der Waals surface area (Å²) >= 11 is 0. The molecule has 126 valence electrons. The molecule has 2 aromatic carbocycles. The van der Waals surface area contributed by atoms with E-state index in [0.29, 0.717) is 17.0 Å². The number of carbonyl (C=O) groups is 2. The fourth-order valence-electron chi connectivity index (χ4n) is 2.06. The highest BCUT2D eigenvalue weighted by molar-refractivity contribution is 6.05. The van der Waals surface area contributed by atoms with Gasteiger partial charge in [-0.05, 0) is 30.7 Å². The molecule has 4 nitrogen and oxygen atoms in total. The Kier molecular flexibility index (Phi) is 5.39. The van der Waals surface area contributed by atoms with Gasteiger partial charge in [-0.25, -0.2) is 0 Å². The fraction of sp³-hybridized carbons (Fsp3) is 0.300. The standard InChI is InChI=1S/C20H23NO3/c1-14-8-5-6-11-17(14)19(23)21-15-9-7-10-16(12-15)24-13-18(22)20(2,3)4/h5-12H,13H2,1-4H3,(H,21,23). The molecule has 0 spiro atoms. The Labute approximate surface area is 142 Å². The summed E-state index contributed by atoms with van der Waals surface area (Å²) in [6.07, 6.45) is 0. The number of Topliss-reactive ketones (excluding diaryl/α,β-unsaturated/α-hetero) is 1. The Morgan fingerprint density at radius 2 is 1.75 bits per heavy atom. The Hall–Kier alpha value is -2.62. The summed E-state index contributed by atoms with van der Waals surface area (Å²) in [5.41, 5.74) is 1.74. The number of ketones is 1. The molecular weight excluding hydrogens is 302 g/mol. The van der Waals surface area contributed by atoms with E-state index in [1.54, 1.807) is 30.3 Å². The molecular formula is C20H23NO3. The van der Waals surface area contributed by atoms with E-state index in [-0.39, 0.29) is 18.3 Å². The molecule has 0 aliphatic carbocycles. The topological polar surface area (TPSA) is 55.4 Å². The molecule has 0 aliphatic rings. The highest BCUT2D eigenvalue weighted by Crippen LogP contribution is 2.20. The molecule has 0 unspecified atom stereocenters. The minimum absolute atomic E-state index is 0.0126. The van der Waals surface area contributed by atoms with E-state index in [0.717, 1.165) is 5.56 Å². The van der Waals surface area contributed by atoms with Crippen LogP contribution < -0.4 is 10.1 Å². The number of amides is 1. The normalized spacial score (nSPS) is 11.0. The quantitative estimate of drug-likeness (QED) is 0.894. The van der Waals surface area contributed by atoms with Crippen LogP contribution in [0.1, 0.15) is 36.7 Å². The maximum atomic E-state index is 12.3. The molecule has 0 aliphatic heterocycles. The van der Waals surface area contributed by atoms with E-state index in [1.165, 1.54) is 0 Å². The number of rotatable bonds is 5. The molecule has 0 saturated carbocycles. The molecule has 2 aromatic rings. The average molecular weight is 325 g/mol. The van der Waals surface area contributed by atoms with Crippen LogP contribution in [-0.2, 0) is 4.79 Å². The van der Waals surface area contributed by atoms with Gasteiger partial charge >= 0.3 is 0 Å². The zero-order valence-corrected chi connectivity index (χ0v) is 14.6. The summed E-state index contributed by atoms with van der Waals surface area (Å²) in [6, 6.07) is 14.5. The molecule has 0 heterocycles. The number of hydrogen-bond donors (Lipinski definition) is 1. The summed E-state index contributed by atoms with van der Waals surface area (Å²) in [5, 5.41) is 2.85. The molecule has 0 radical (unpaired) electrons. The molecule has 2 rings (SSSR count). The van der Waals surface area contributed by atoms with Gasteiger partial charge in [0.15, 0.2) is 5.78 Å². The third kappa shape index (κ3) is 4.69. The number of anilines is 1. The van der Waals surface area contributed by atoms with E-state index in [4.69, 9.17) is 4.74 Å². The molecule has 0 saturated heterocycles. The van der Waals surface area contributed by atoms with Crippen LogP contribution in [0.2, 0.25) is 0 Å². The Balaban J connectivity index is 2.04. The fourth-order valence-corrected chi connectivity index (χ4v) is 2.06. The third-order valence-corrected chi connectivity index (χ3v) is 3.69. The first-order valence-corrected chi connectivity index (χ1v) is 7.90. The van der Waals surface area contributed by atoms with Gasteiger partial charge in [-0.15, -0.1) is 0 Å². The van der Waals surface area contributed by atoms with Crippen molar-refractivity contribution in [2.45, 2.75) is 27.7 Å². The maximum absolute atomic E-state index is 12.3. The van der Waals surface area contributed by atoms with Crippen molar-refractivity contribution in [1.29, 1.82) is 0 Å². The van der Waals surface area contributed by atoms with Crippen LogP contribution in [0, 0.1) is 12.3 Å². The lowest BCUT2D eigenvalue weighted by molar-refractivity contribution is -0.128. The van der Waals surface area contributed by atoms with Gasteiger partial charge in [0.2, 0.25) is 0 Å². The second-order valence-electron chi connectivity index (χ2n) is 6.76. The number of ether oxygens (including phenoxy) is 1. The summed E-state index contributed by atoms with van der Waals surface area (Å²) in [5.74, 6) is 0.406. The van der Waals surface area contributed by atoms with Crippen molar-refractivity contribution in [3.63, 3.8) is 0 Å². The molecule has 4 heteroatoms. The first-order valence-electron chi connectivity index (χ1n) is 7.90. The van der Waals surface area contributed by atoms with Crippen LogP contribution in [0.25, 0.3) is 0 Å². The van der Waals surface area contributed by atoms with Gasteiger partial charge in [0, 0.05) is 22.7 Å². The van der Waals surface area contributed by atoms with Crippen molar-refractivity contribution >= 4 is 17.4 Å². The largest absolute Gasteiger partial charge is 0.486 e. The first-order chi connectivity index (χ1) is 11.3. The van der Waals surface area contributed by atoms with Gasteiger partial charge in [0.1, 0.15) is 12.4 Å². The number of aryl methyl sites for hydroxylation is 1. The smallest absolute Gasteiger partial charge is 0.255 e. The average Bonchev–Trinajstić information content (AvgIpc) is 2.52. The van der Waals surface area contributed by atoms with Crippen molar-refractivity contribution in [2.75, 3.05) is 11.9 Å². The van der Waals surface area contributed by atoms with E-state index >= 15 is 0 Å². The Bertz CT molecular complexity index is 745. The maximum Gasteiger partial charge on any atom is 0.255 e. The summed E-state index contributed by atoms with van der Waals surface area (Å²) in [4.78, 5) is 24.3. The van der Waals surface area contributed by atoms with Crippen LogP contribution >= 0.6 is 0 Å². The molecule has 0 fully saturated rings. The van der Waals surface area contributed by atoms with Crippen LogP contribution in [-0.4, -0.2) is 18.3 Å². The summed E-state index contributed by atoms with van der Waals surface area (Å²) in [7, 11) is 0. The zero-order chi connectivity index (χ0) is 17.7. The minimum Gasteiger partial charge on any atom is -0.486 e. The number of nitrogens with one attached hydrogen (secondary N) is 1. The van der Waals surface area contributed by atoms with Gasteiger partial charge in [-0.2, -0.15) is 0 Å². The molecule has 24 heavy (non-hydrogen) atoms. The molecule has 0 bridgehead atoms. The van der Waals surface area contributed by atoms with Crippen molar-refractivity contribution in [3.05, 3.63) is 59.7 Å². The monoisotopic (exact) mass is 325 g/mol. The lowest BCUT2D eigenvalue weighted by Crippen LogP contribution is -2.26. The van der Waals surface area contributed by atoms with Crippen LogP contribution in [0.4, 0.5) is 5.69 Å². The predicted octanol–water partition coefficient (Wildman–Crippen LogP) is 4.24. The Morgan fingerprint density at radius 1 is 1.04 bits per heavy atom. The van der Waals surface area contributed by atoms with Gasteiger partial charge < -0.3 is 10.1 Å². The second-order valence-corrected chi connectivity index (χ2v) is 6.76. The van der Waals surface area contributed by atoms with E-state index < -0.39 is 5.41 Å². The van der Waals surface area contributed by atoms with Crippen molar-refractivity contribution in [3.8, 4) is 5.75 Å². The van der Waals surface area contributed by atoms with Gasteiger partial charge in [-0.3, -0.25) is 9.59 Å². The lowest BCUT2D eigenvalue weighted by Gasteiger charge is -2.17. The van der Waals surface area contributed by atoms with Crippen molar-refractivity contribution < 1.29 is 14.3 Å². The third-order valence-electron chi connectivity index (χ3n) is 3.69. The number of carbonyl (C=O) groups excluding carboxylic acids is 2. The lowest BCUT2D eigenvalue weighted by atomic mass is 9.91. The van der Waals surface area contributed by atoms with Gasteiger partial charge in [-0.1, -0.05) is 45.0 Å². The van der Waals surface area contributed by atoms with Crippen LogP contribution in [0.15, 0.2) is 48.5 Å². The number of benzene rings is 2. The highest BCUT2D eigenvalue weighted by atomic mass is 16.5. The van der Waals surface area contributed by atoms with E-state index in [2.05, 4.69) is 5.32 Å². The molecule has 1 amide bonds. The van der Waals surface area contributed by atoms with Crippen molar-refractivity contribution in [2.24, 2.45) is 5.41 Å². The van der Waals surface area contributed by atoms with Crippen molar-refractivity contribution in [1.82, 2.24) is 0 Å². The predicted molar refractivity (Wildman–Crippen MR) is 95.5 cm³/mol.